The van der Waals surface area contributed by atoms with Crippen molar-refractivity contribution in [1.29, 1.82) is 0 Å². The molecule has 0 aliphatic heterocycles. The first-order valence-corrected chi connectivity index (χ1v) is 5.13. The normalized spacial score (nSPS) is 10.1. The third kappa shape index (κ3) is 2.41. The highest BCUT2D eigenvalue weighted by Crippen LogP contribution is 2.25. The predicted molar refractivity (Wildman–Crippen MR) is 65.9 cm³/mol. The average molecular weight is 235 g/mol. The van der Waals surface area contributed by atoms with Crippen LogP contribution in [0.15, 0.2) is 30.6 Å². The number of anilines is 3. The zero-order valence-corrected chi connectivity index (χ0v) is 9.49. The summed E-state index contributed by atoms with van der Waals surface area (Å²) >= 11 is 6.04. The maximum Gasteiger partial charge on any atom is 0.149 e. The largest absolute Gasteiger partial charge is 0.382 e. The van der Waals surface area contributed by atoms with Crippen LogP contribution in [0.5, 0.6) is 0 Å². The van der Waals surface area contributed by atoms with E-state index in [0.29, 0.717) is 16.7 Å². The van der Waals surface area contributed by atoms with Crippen molar-refractivity contribution in [2.45, 2.75) is 6.92 Å². The Kier molecular flexibility index (Phi) is 2.92. The Balaban J connectivity index is 2.26. The SMILES string of the molecule is Cc1ccc(Cl)c(Nc2cnc(N)cn2)c1. The van der Waals surface area contributed by atoms with Crippen molar-refractivity contribution in [2.24, 2.45) is 0 Å². The number of benzene rings is 1. The minimum atomic E-state index is 0.390. The van der Waals surface area contributed by atoms with E-state index in [2.05, 4.69) is 15.3 Å². The van der Waals surface area contributed by atoms with Crippen LogP contribution in [0.25, 0.3) is 0 Å². The van der Waals surface area contributed by atoms with Gasteiger partial charge in [-0.2, -0.15) is 0 Å². The third-order valence-electron chi connectivity index (χ3n) is 2.06. The Hall–Kier alpha value is -1.81. The molecule has 16 heavy (non-hydrogen) atoms. The molecule has 0 spiro atoms. The van der Waals surface area contributed by atoms with E-state index in [4.69, 9.17) is 17.3 Å². The molecule has 0 bridgehead atoms. The van der Waals surface area contributed by atoms with Gasteiger partial charge in [0.2, 0.25) is 0 Å². The molecule has 5 heteroatoms. The van der Waals surface area contributed by atoms with Crippen molar-refractivity contribution in [3.05, 3.63) is 41.2 Å². The Morgan fingerprint density at radius 2 is 2.06 bits per heavy atom. The highest BCUT2D eigenvalue weighted by atomic mass is 35.5. The molecule has 0 saturated carbocycles. The summed E-state index contributed by atoms with van der Waals surface area (Å²) in [5.41, 5.74) is 7.37. The maximum atomic E-state index is 6.04. The number of nitrogens with zero attached hydrogens (tertiary/aromatic N) is 2. The summed E-state index contributed by atoms with van der Waals surface area (Å²) in [4.78, 5) is 8.02. The van der Waals surface area contributed by atoms with Gasteiger partial charge < -0.3 is 11.1 Å². The number of aryl methyl sites for hydroxylation is 1. The van der Waals surface area contributed by atoms with Crippen LogP contribution < -0.4 is 11.1 Å². The van der Waals surface area contributed by atoms with Crippen LogP contribution in [0.3, 0.4) is 0 Å². The van der Waals surface area contributed by atoms with E-state index in [0.717, 1.165) is 11.3 Å². The van der Waals surface area contributed by atoms with E-state index in [1.807, 2.05) is 25.1 Å². The molecule has 4 nitrogen and oxygen atoms in total. The van der Waals surface area contributed by atoms with E-state index in [-0.39, 0.29) is 0 Å². The Morgan fingerprint density at radius 1 is 1.25 bits per heavy atom. The Bertz CT molecular complexity index is 496. The summed E-state index contributed by atoms with van der Waals surface area (Å²) in [6.07, 6.45) is 3.06. The first-order valence-electron chi connectivity index (χ1n) is 4.76. The molecular formula is C11H11ClN4. The van der Waals surface area contributed by atoms with Crippen LogP contribution >= 0.6 is 11.6 Å². The average Bonchev–Trinajstić information content (AvgIpc) is 2.27. The highest BCUT2D eigenvalue weighted by molar-refractivity contribution is 6.33. The molecule has 0 fully saturated rings. The van der Waals surface area contributed by atoms with Gasteiger partial charge >= 0.3 is 0 Å². The van der Waals surface area contributed by atoms with Gasteiger partial charge in [-0.15, -0.1) is 0 Å². The van der Waals surface area contributed by atoms with Crippen LogP contribution in [0.1, 0.15) is 5.56 Å². The number of nitrogen functional groups attached to an aromatic ring is 1. The fourth-order valence-electron chi connectivity index (χ4n) is 1.28. The van der Waals surface area contributed by atoms with Gasteiger partial charge in [0, 0.05) is 0 Å². The number of nitrogens with two attached hydrogens (primary N) is 1. The molecule has 82 valence electrons. The van der Waals surface area contributed by atoms with Crippen molar-refractivity contribution in [3.8, 4) is 0 Å². The number of halogens is 1. The fourth-order valence-corrected chi connectivity index (χ4v) is 1.44. The quantitative estimate of drug-likeness (QED) is 0.839. The monoisotopic (exact) mass is 234 g/mol. The van der Waals surface area contributed by atoms with Gasteiger partial charge in [-0.3, -0.25) is 0 Å². The lowest BCUT2D eigenvalue weighted by atomic mass is 10.2. The second-order valence-electron chi connectivity index (χ2n) is 3.43. The Morgan fingerprint density at radius 3 is 2.75 bits per heavy atom. The Labute approximate surface area is 98.5 Å². The van der Waals surface area contributed by atoms with Crippen molar-refractivity contribution in [3.63, 3.8) is 0 Å². The van der Waals surface area contributed by atoms with Crippen LogP contribution in [0.4, 0.5) is 17.3 Å². The van der Waals surface area contributed by atoms with Gasteiger partial charge in [-0.05, 0) is 24.6 Å². The third-order valence-corrected chi connectivity index (χ3v) is 2.39. The molecule has 0 aliphatic carbocycles. The lowest BCUT2D eigenvalue weighted by Gasteiger charge is -2.08. The number of aromatic nitrogens is 2. The van der Waals surface area contributed by atoms with E-state index >= 15 is 0 Å². The van der Waals surface area contributed by atoms with Gasteiger partial charge in [-0.1, -0.05) is 17.7 Å². The fraction of sp³-hybridized carbons (Fsp3) is 0.0909. The molecule has 0 radical (unpaired) electrons. The van der Waals surface area contributed by atoms with Gasteiger partial charge in [0.1, 0.15) is 11.6 Å². The minimum absolute atomic E-state index is 0.390. The van der Waals surface area contributed by atoms with Gasteiger partial charge in [-0.25, -0.2) is 9.97 Å². The summed E-state index contributed by atoms with van der Waals surface area (Å²) in [6.45, 7) is 2.00. The van der Waals surface area contributed by atoms with E-state index < -0.39 is 0 Å². The molecule has 0 atom stereocenters. The molecule has 1 aromatic heterocycles. The number of nitrogens with one attached hydrogen (secondary N) is 1. The van der Waals surface area contributed by atoms with E-state index in [1.54, 1.807) is 6.20 Å². The van der Waals surface area contributed by atoms with Gasteiger partial charge in [0.05, 0.1) is 23.1 Å². The summed E-state index contributed by atoms with van der Waals surface area (Å²) in [5.74, 6) is 1.00. The van der Waals surface area contributed by atoms with E-state index in [1.165, 1.54) is 6.20 Å². The molecule has 3 N–H and O–H groups in total. The molecule has 1 heterocycles. The van der Waals surface area contributed by atoms with Crippen LogP contribution in [-0.2, 0) is 0 Å². The second-order valence-corrected chi connectivity index (χ2v) is 3.84. The summed E-state index contributed by atoms with van der Waals surface area (Å²) in [5, 5.41) is 3.72. The highest BCUT2D eigenvalue weighted by Gasteiger charge is 2.02. The maximum absolute atomic E-state index is 6.04. The van der Waals surface area contributed by atoms with Crippen LogP contribution in [-0.4, -0.2) is 9.97 Å². The van der Waals surface area contributed by atoms with Crippen molar-refractivity contribution < 1.29 is 0 Å². The zero-order valence-electron chi connectivity index (χ0n) is 8.74. The lowest BCUT2D eigenvalue weighted by Crippen LogP contribution is -1.97. The molecule has 0 unspecified atom stereocenters. The molecule has 0 aliphatic rings. The molecule has 2 aromatic rings. The first kappa shape index (κ1) is 10.7. The lowest BCUT2D eigenvalue weighted by molar-refractivity contribution is 1.21. The van der Waals surface area contributed by atoms with Crippen molar-refractivity contribution in [1.82, 2.24) is 9.97 Å². The summed E-state index contributed by atoms with van der Waals surface area (Å²) in [7, 11) is 0. The minimum Gasteiger partial charge on any atom is -0.382 e. The molecule has 1 aromatic carbocycles. The van der Waals surface area contributed by atoms with Crippen molar-refractivity contribution in [2.75, 3.05) is 11.1 Å². The molecule has 0 amide bonds. The standard InChI is InChI=1S/C11H11ClN4/c1-7-2-3-8(12)9(4-7)16-11-6-14-10(13)5-15-11/h2-6H,1H3,(H2,13,14)(H,15,16). The van der Waals surface area contributed by atoms with Crippen LogP contribution in [0.2, 0.25) is 5.02 Å². The molecule has 0 saturated heterocycles. The van der Waals surface area contributed by atoms with Gasteiger partial charge in [0.15, 0.2) is 0 Å². The van der Waals surface area contributed by atoms with E-state index in [9.17, 15) is 0 Å². The number of hydrogen-bond acceptors (Lipinski definition) is 4. The summed E-state index contributed by atoms with van der Waals surface area (Å²) in [6, 6.07) is 5.73. The summed E-state index contributed by atoms with van der Waals surface area (Å²) < 4.78 is 0. The first-order chi connectivity index (χ1) is 7.65. The number of rotatable bonds is 2. The van der Waals surface area contributed by atoms with Crippen molar-refractivity contribution >= 4 is 28.9 Å². The molecular weight excluding hydrogens is 224 g/mol. The number of hydrogen-bond donors (Lipinski definition) is 2. The van der Waals surface area contributed by atoms with Crippen LogP contribution in [0, 0.1) is 6.92 Å². The van der Waals surface area contributed by atoms with Gasteiger partial charge in [0.25, 0.3) is 0 Å². The second kappa shape index (κ2) is 4.37. The smallest absolute Gasteiger partial charge is 0.149 e. The zero-order chi connectivity index (χ0) is 11.5. The molecule has 2 rings (SSSR count). The topological polar surface area (TPSA) is 63.8 Å². The predicted octanol–water partition coefficient (Wildman–Crippen LogP) is 2.76.